The molecule has 0 radical (unpaired) electrons. The van der Waals surface area contributed by atoms with Crippen molar-refractivity contribution in [1.29, 1.82) is 0 Å². The molecule has 0 N–H and O–H groups in total. The van der Waals surface area contributed by atoms with E-state index in [0.717, 1.165) is 26.5 Å². The Balaban J connectivity index is 2.16. The van der Waals surface area contributed by atoms with Crippen molar-refractivity contribution in [2.75, 3.05) is 21.0 Å². The zero-order valence-electron chi connectivity index (χ0n) is 12.6. The van der Waals surface area contributed by atoms with Crippen molar-refractivity contribution in [3.05, 3.63) is 47.4 Å². The highest BCUT2D eigenvalue weighted by Gasteiger charge is 2.16. The van der Waals surface area contributed by atoms with Crippen LogP contribution in [0.3, 0.4) is 0 Å². The number of methoxy groups -OCH3 is 2. The Labute approximate surface area is 128 Å². The highest BCUT2D eigenvalue weighted by atomic mass is 16.7. The fourth-order valence-corrected chi connectivity index (χ4v) is 2.67. The second-order valence-corrected chi connectivity index (χ2v) is 5.01. The predicted octanol–water partition coefficient (Wildman–Crippen LogP) is 2.15. The quantitative estimate of drug-likeness (QED) is 0.303. The van der Waals surface area contributed by atoms with E-state index < -0.39 is 0 Å². The lowest BCUT2D eigenvalue weighted by Crippen LogP contribution is -2.32. The van der Waals surface area contributed by atoms with E-state index in [4.69, 9.17) is 14.2 Å². The van der Waals surface area contributed by atoms with Crippen LogP contribution in [0.15, 0.2) is 36.5 Å². The molecule has 6 nitrogen and oxygen atoms in total. The summed E-state index contributed by atoms with van der Waals surface area (Å²) in [4.78, 5) is 0. The Morgan fingerprint density at radius 3 is 2.68 bits per heavy atom. The smallest absolute Gasteiger partial charge is 0.219 e. The summed E-state index contributed by atoms with van der Waals surface area (Å²) in [5.41, 5.74) is 2.42. The average molecular weight is 302 g/mol. The zero-order valence-corrected chi connectivity index (χ0v) is 12.6. The molecule has 0 saturated carbocycles. The van der Waals surface area contributed by atoms with E-state index in [9.17, 15) is 5.21 Å². The SMILES string of the molecule is COCOCc1cc2c3ccccc3n(COC)c2c[n+]1[O-]. The largest absolute Gasteiger partial charge is 0.618 e. The number of benzene rings is 1. The zero-order chi connectivity index (χ0) is 15.5. The molecule has 0 fully saturated rings. The van der Waals surface area contributed by atoms with Crippen molar-refractivity contribution in [3.8, 4) is 0 Å². The fraction of sp³-hybridized carbons (Fsp3) is 0.312. The molecule has 0 spiro atoms. The van der Waals surface area contributed by atoms with Crippen LogP contribution in [0.2, 0.25) is 0 Å². The molecule has 2 aromatic heterocycles. The van der Waals surface area contributed by atoms with E-state index in [1.807, 2.05) is 34.9 Å². The minimum Gasteiger partial charge on any atom is -0.618 e. The Kier molecular flexibility index (Phi) is 4.24. The lowest BCUT2D eigenvalue weighted by molar-refractivity contribution is -0.615. The van der Waals surface area contributed by atoms with E-state index in [2.05, 4.69) is 0 Å². The molecule has 0 amide bonds. The molecular weight excluding hydrogens is 284 g/mol. The average Bonchev–Trinajstić information content (AvgIpc) is 2.82. The molecule has 2 heterocycles. The fourth-order valence-electron chi connectivity index (χ4n) is 2.67. The van der Waals surface area contributed by atoms with E-state index in [1.54, 1.807) is 20.4 Å². The predicted molar refractivity (Wildman–Crippen MR) is 82.1 cm³/mol. The van der Waals surface area contributed by atoms with Crippen LogP contribution < -0.4 is 4.73 Å². The van der Waals surface area contributed by atoms with Gasteiger partial charge in [-0.15, -0.1) is 0 Å². The van der Waals surface area contributed by atoms with Gasteiger partial charge in [0.05, 0.1) is 5.52 Å². The molecule has 22 heavy (non-hydrogen) atoms. The first-order valence-electron chi connectivity index (χ1n) is 6.95. The van der Waals surface area contributed by atoms with Crippen molar-refractivity contribution in [2.24, 2.45) is 0 Å². The van der Waals surface area contributed by atoms with E-state index in [-0.39, 0.29) is 13.4 Å². The van der Waals surface area contributed by atoms with Gasteiger partial charge in [-0.25, -0.2) is 0 Å². The van der Waals surface area contributed by atoms with E-state index in [0.29, 0.717) is 12.4 Å². The third kappa shape index (κ3) is 2.52. The lowest BCUT2D eigenvalue weighted by Gasteiger charge is -2.07. The first-order valence-corrected chi connectivity index (χ1v) is 6.95. The van der Waals surface area contributed by atoms with Gasteiger partial charge in [0.1, 0.15) is 25.6 Å². The number of fused-ring (bicyclic) bond motifs is 3. The molecule has 1 aromatic carbocycles. The number of para-hydroxylation sites is 1. The van der Waals surface area contributed by atoms with Crippen LogP contribution in [0.1, 0.15) is 5.69 Å². The van der Waals surface area contributed by atoms with Crippen LogP contribution in [-0.4, -0.2) is 25.6 Å². The van der Waals surface area contributed by atoms with Crippen molar-refractivity contribution >= 4 is 21.8 Å². The van der Waals surface area contributed by atoms with Crippen LogP contribution in [0.25, 0.3) is 21.8 Å². The van der Waals surface area contributed by atoms with Crippen molar-refractivity contribution < 1.29 is 18.9 Å². The van der Waals surface area contributed by atoms with Gasteiger partial charge in [-0.3, -0.25) is 0 Å². The first-order chi connectivity index (χ1) is 10.8. The van der Waals surface area contributed by atoms with Gasteiger partial charge in [0.15, 0.2) is 0 Å². The molecule has 116 valence electrons. The third-order valence-corrected chi connectivity index (χ3v) is 3.59. The number of nitrogens with zero attached hydrogens (tertiary/aromatic N) is 2. The van der Waals surface area contributed by atoms with Crippen LogP contribution in [0, 0.1) is 5.21 Å². The second-order valence-electron chi connectivity index (χ2n) is 5.01. The number of aromatic nitrogens is 2. The monoisotopic (exact) mass is 302 g/mol. The normalized spacial score (nSPS) is 11.5. The number of hydrogen-bond acceptors (Lipinski definition) is 4. The summed E-state index contributed by atoms with van der Waals surface area (Å²) in [6, 6.07) is 9.88. The van der Waals surface area contributed by atoms with Gasteiger partial charge in [-0.05, 0) is 6.07 Å². The Bertz CT molecular complexity index is 798. The standard InChI is InChI=1S/C16H18N2O4/c1-20-10-17-15-6-4-3-5-13(15)14-7-12(9-22-11-21-2)18(19)8-16(14)17/h3-8H,9-11H2,1-2H3. The highest BCUT2D eigenvalue weighted by Crippen LogP contribution is 2.28. The molecule has 3 rings (SSSR count). The van der Waals surface area contributed by atoms with Crippen molar-refractivity contribution in [2.45, 2.75) is 13.3 Å². The number of rotatable bonds is 6. The van der Waals surface area contributed by atoms with Gasteiger partial charge < -0.3 is 24.0 Å². The Morgan fingerprint density at radius 2 is 1.91 bits per heavy atom. The summed E-state index contributed by atoms with van der Waals surface area (Å²) >= 11 is 0. The summed E-state index contributed by atoms with van der Waals surface area (Å²) in [6.07, 6.45) is 1.57. The lowest BCUT2D eigenvalue weighted by atomic mass is 10.2. The molecule has 0 atom stereocenters. The number of hydrogen-bond donors (Lipinski definition) is 0. The van der Waals surface area contributed by atoms with Gasteiger partial charge in [0.25, 0.3) is 0 Å². The number of ether oxygens (including phenoxy) is 3. The van der Waals surface area contributed by atoms with Crippen LogP contribution >= 0.6 is 0 Å². The molecular formula is C16H18N2O4. The molecule has 3 aromatic rings. The summed E-state index contributed by atoms with van der Waals surface area (Å²) < 4.78 is 18.2. The summed E-state index contributed by atoms with van der Waals surface area (Å²) in [5.74, 6) is 0. The minimum atomic E-state index is 0.156. The van der Waals surface area contributed by atoms with Gasteiger partial charge in [0.2, 0.25) is 11.9 Å². The third-order valence-electron chi connectivity index (χ3n) is 3.59. The van der Waals surface area contributed by atoms with Gasteiger partial charge in [-0.1, -0.05) is 18.2 Å². The van der Waals surface area contributed by atoms with Crippen LogP contribution in [0.4, 0.5) is 0 Å². The first kappa shape index (κ1) is 14.8. The maximum atomic E-state index is 12.2. The van der Waals surface area contributed by atoms with Crippen LogP contribution in [-0.2, 0) is 27.5 Å². The Morgan fingerprint density at radius 1 is 1.09 bits per heavy atom. The Hall–Kier alpha value is -2.15. The van der Waals surface area contributed by atoms with E-state index in [1.165, 1.54) is 0 Å². The van der Waals surface area contributed by atoms with E-state index >= 15 is 0 Å². The summed E-state index contributed by atoms with van der Waals surface area (Å²) in [6.45, 7) is 0.754. The minimum absolute atomic E-state index is 0.156. The molecule has 0 bridgehead atoms. The van der Waals surface area contributed by atoms with Crippen molar-refractivity contribution in [1.82, 2.24) is 4.57 Å². The topological polar surface area (TPSA) is 59.6 Å². The maximum Gasteiger partial charge on any atom is 0.219 e. The molecule has 0 aliphatic carbocycles. The maximum absolute atomic E-state index is 12.2. The number of pyridine rings is 1. The summed E-state index contributed by atoms with van der Waals surface area (Å²) in [7, 11) is 3.19. The highest BCUT2D eigenvalue weighted by molar-refractivity contribution is 6.07. The summed E-state index contributed by atoms with van der Waals surface area (Å²) in [5, 5.41) is 14.3. The molecule has 0 unspecified atom stereocenters. The second kappa shape index (κ2) is 6.31. The molecule has 0 saturated heterocycles. The molecule has 0 aliphatic rings. The van der Waals surface area contributed by atoms with Gasteiger partial charge in [0, 0.05) is 31.1 Å². The van der Waals surface area contributed by atoms with Gasteiger partial charge >= 0.3 is 0 Å². The van der Waals surface area contributed by atoms with Gasteiger partial charge in [-0.2, -0.15) is 4.73 Å². The van der Waals surface area contributed by atoms with Crippen molar-refractivity contribution in [3.63, 3.8) is 0 Å². The molecule has 6 heteroatoms. The molecule has 0 aliphatic heterocycles. The van der Waals surface area contributed by atoms with Crippen LogP contribution in [0.5, 0.6) is 0 Å².